The minimum atomic E-state index is -1.000. The number of rotatable bonds is 7. The molecule has 2 aromatic carbocycles. The van der Waals surface area contributed by atoms with Crippen molar-refractivity contribution in [3.05, 3.63) is 59.7 Å². The third kappa shape index (κ3) is 5.12. The minimum absolute atomic E-state index is 0.327. The van der Waals surface area contributed by atoms with Crippen molar-refractivity contribution in [3.8, 4) is 5.75 Å². The molecule has 0 radical (unpaired) electrons. The molecule has 5 nitrogen and oxygen atoms in total. The third-order valence-corrected chi connectivity index (χ3v) is 5.13. The SMILES string of the molecule is COc1ccc(C)cc1NC(=O)[C@H](OC(=O)CC1CCCC1)c1ccccc1. The lowest BCUT2D eigenvalue weighted by Gasteiger charge is -2.20. The van der Waals surface area contributed by atoms with E-state index in [1.54, 1.807) is 25.3 Å². The van der Waals surface area contributed by atoms with Crippen LogP contribution >= 0.6 is 0 Å². The van der Waals surface area contributed by atoms with Crippen molar-refractivity contribution in [3.63, 3.8) is 0 Å². The largest absolute Gasteiger partial charge is 0.495 e. The van der Waals surface area contributed by atoms with Gasteiger partial charge in [0.2, 0.25) is 6.10 Å². The van der Waals surface area contributed by atoms with Gasteiger partial charge < -0.3 is 14.8 Å². The Morgan fingerprint density at radius 2 is 1.82 bits per heavy atom. The summed E-state index contributed by atoms with van der Waals surface area (Å²) < 4.78 is 11.0. The lowest BCUT2D eigenvalue weighted by atomic mass is 10.0. The summed E-state index contributed by atoms with van der Waals surface area (Å²) in [6, 6.07) is 14.6. The number of hydrogen-bond acceptors (Lipinski definition) is 4. The topological polar surface area (TPSA) is 64.6 Å². The van der Waals surface area contributed by atoms with Crippen LogP contribution in [0.1, 0.15) is 49.3 Å². The van der Waals surface area contributed by atoms with Crippen molar-refractivity contribution in [2.45, 2.75) is 45.1 Å². The first-order valence-corrected chi connectivity index (χ1v) is 9.76. The first kappa shape index (κ1) is 19.9. The number of carbonyl (C=O) groups is 2. The van der Waals surface area contributed by atoms with Crippen LogP contribution in [0.25, 0.3) is 0 Å². The van der Waals surface area contributed by atoms with E-state index < -0.39 is 12.0 Å². The molecule has 28 heavy (non-hydrogen) atoms. The summed E-state index contributed by atoms with van der Waals surface area (Å²) in [4.78, 5) is 25.5. The van der Waals surface area contributed by atoms with Gasteiger partial charge in [0.25, 0.3) is 5.91 Å². The molecule has 0 heterocycles. The minimum Gasteiger partial charge on any atom is -0.495 e. The fourth-order valence-corrected chi connectivity index (χ4v) is 3.65. The number of ether oxygens (including phenoxy) is 2. The molecule has 1 fully saturated rings. The Balaban J connectivity index is 1.77. The molecule has 1 aliphatic carbocycles. The lowest BCUT2D eigenvalue weighted by Crippen LogP contribution is -2.26. The van der Waals surface area contributed by atoms with Crippen LogP contribution in [-0.2, 0) is 14.3 Å². The Hall–Kier alpha value is -2.82. The highest BCUT2D eigenvalue weighted by Crippen LogP contribution is 2.30. The fraction of sp³-hybridized carbons (Fsp3) is 0.391. The van der Waals surface area contributed by atoms with Gasteiger partial charge in [0.1, 0.15) is 5.75 Å². The van der Waals surface area contributed by atoms with E-state index in [2.05, 4.69) is 5.32 Å². The van der Waals surface area contributed by atoms with E-state index in [0.717, 1.165) is 31.2 Å². The number of methoxy groups -OCH3 is 1. The monoisotopic (exact) mass is 381 g/mol. The molecule has 0 aromatic heterocycles. The number of nitrogens with one attached hydrogen (secondary N) is 1. The summed E-state index contributed by atoms with van der Waals surface area (Å²) in [5.41, 5.74) is 2.19. The number of hydrogen-bond donors (Lipinski definition) is 1. The smallest absolute Gasteiger partial charge is 0.307 e. The van der Waals surface area contributed by atoms with Crippen molar-refractivity contribution in [2.24, 2.45) is 5.92 Å². The molecule has 148 valence electrons. The molecular weight excluding hydrogens is 354 g/mol. The standard InChI is InChI=1S/C23H27NO4/c1-16-12-13-20(27-2)19(14-16)24-23(26)22(18-10-4-3-5-11-18)28-21(25)15-17-8-6-7-9-17/h3-5,10-14,17,22H,6-9,15H2,1-2H3,(H,24,26)/t22-/m1/s1. The van der Waals surface area contributed by atoms with E-state index in [0.29, 0.717) is 29.3 Å². The quantitative estimate of drug-likeness (QED) is 0.699. The summed E-state index contributed by atoms with van der Waals surface area (Å²) in [6.45, 7) is 1.94. The molecule has 3 rings (SSSR count). The van der Waals surface area contributed by atoms with E-state index in [9.17, 15) is 9.59 Å². The van der Waals surface area contributed by atoms with Crippen LogP contribution in [0.5, 0.6) is 5.75 Å². The van der Waals surface area contributed by atoms with Gasteiger partial charge in [0.05, 0.1) is 12.8 Å². The van der Waals surface area contributed by atoms with E-state index in [1.807, 2.05) is 37.3 Å². The lowest BCUT2D eigenvalue weighted by molar-refractivity contribution is -0.155. The highest BCUT2D eigenvalue weighted by Gasteiger charge is 2.28. The molecule has 0 spiro atoms. The van der Waals surface area contributed by atoms with Gasteiger partial charge in [-0.1, -0.05) is 49.2 Å². The number of esters is 1. The normalized spacial score (nSPS) is 15.1. The number of amides is 1. The Morgan fingerprint density at radius 3 is 2.50 bits per heavy atom. The molecule has 0 saturated heterocycles. The van der Waals surface area contributed by atoms with Crippen molar-refractivity contribution < 1.29 is 19.1 Å². The molecule has 0 bridgehead atoms. The van der Waals surface area contributed by atoms with E-state index >= 15 is 0 Å². The molecule has 0 unspecified atom stereocenters. The van der Waals surface area contributed by atoms with Crippen LogP contribution in [-0.4, -0.2) is 19.0 Å². The van der Waals surface area contributed by atoms with Crippen molar-refractivity contribution in [2.75, 3.05) is 12.4 Å². The van der Waals surface area contributed by atoms with E-state index in [4.69, 9.17) is 9.47 Å². The predicted molar refractivity (Wildman–Crippen MR) is 108 cm³/mol. The molecule has 1 N–H and O–H groups in total. The fourth-order valence-electron chi connectivity index (χ4n) is 3.65. The predicted octanol–water partition coefficient (Wildman–Crippen LogP) is 4.81. The van der Waals surface area contributed by atoms with Crippen LogP contribution in [0.4, 0.5) is 5.69 Å². The van der Waals surface area contributed by atoms with Crippen LogP contribution in [0.15, 0.2) is 48.5 Å². The summed E-state index contributed by atoms with van der Waals surface area (Å²) in [5.74, 6) is 0.203. The van der Waals surface area contributed by atoms with Crippen molar-refractivity contribution in [1.82, 2.24) is 0 Å². The number of carbonyl (C=O) groups excluding carboxylic acids is 2. The molecular formula is C23H27NO4. The van der Waals surface area contributed by atoms with E-state index in [-0.39, 0.29) is 5.97 Å². The molecule has 2 aromatic rings. The second-order valence-corrected chi connectivity index (χ2v) is 7.33. The van der Waals surface area contributed by atoms with Gasteiger partial charge in [0.15, 0.2) is 0 Å². The molecule has 1 amide bonds. The van der Waals surface area contributed by atoms with Gasteiger partial charge in [-0.15, -0.1) is 0 Å². The van der Waals surface area contributed by atoms with Crippen molar-refractivity contribution in [1.29, 1.82) is 0 Å². The van der Waals surface area contributed by atoms with Crippen LogP contribution < -0.4 is 10.1 Å². The molecule has 0 aliphatic heterocycles. The second kappa shape index (κ2) is 9.40. The highest BCUT2D eigenvalue weighted by molar-refractivity contribution is 5.97. The summed E-state index contributed by atoms with van der Waals surface area (Å²) >= 11 is 0. The Bertz CT molecular complexity index is 813. The van der Waals surface area contributed by atoms with Crippen molar-refractivity contribution >= 4 is 17.6 Å². The molecule has 1 aliphatic rings. The summed E-state index contributed by atoms with van der Waals surface area (Å²) in [5, 5.41) is 2.86. The first-order valence-electron chi connectivity index (χ1n) is 9.76. The van der Waals surface area contributed by atoms with Gasteiger partial charge in [-0.2, -0.15) is 0 Å². The van der Waals surface area contributed by atoms with Gasteiger partial charge in [0, 0.05) is 12.0 Å². The maximum atomic E-state index is 13.0. The van der Waals surface area contributed by atoms with Gasteiger partial charge in [-0.3, -0.25) is 9.59 Å². The molecule has 1 atom stereocenters. The van der Waals surface area contributed by atoms with Gasteiger partial charge in [-0.25, -0.2) is 0 Å². The molecule has 1 saturated carbocycles. The Labute approximate surface area is 166 Å². The van der Waals surface area contributed by atoms with Crippen LogP contribution in [0.2, 0.25) is 0 Å². The van der Waals surface area contributed by atoms with Crippen LogP contribution in [0.3, 0.4) is 0 Å². The number of benzene rings is 2. The maximum absolute atomic E-state index is 13.0. The highest BCUT2D eigenvalue weighted by atomic mass is 16.5. The van der Waals surface area contributed by atoms with Crippen LogP contribution in [0, 0.1) is 12.8 Å². The summed E-state index contributed by atoms with van der Waals surface area (Å²) in [6.07, 6.45) is 3.79. The second-order valence-electron chi connectivity index (χ2n) is 7.33. The zero-order valence-corrected chi connectivity index (χ0v) is 16.4. The van der Waals surface area contributed by atoms with Gasteiger partial charge >= 0.3 is 5.97 Å². The number of anilines is 1. The molecule has 5 heteroatoms. The average molecular weight is 381 g/mol. The Kier molecular flexibility index (Phi) is 6.69. The van der Waals surface area contributed by atoms with Gasteiger partial charge in [-0.05, 0) is 43.4 Å². The Morgan fingerprint density at radius 1 is 1.11 bits per heavy atom. The third-order valence-electron chi connectivity index (χ3n) is 5.13. The average Bonchev–Trinajstić information content (AvgIpc) is 3.20. The number of aryl methyl sites for hydroxylation is 1. The summed E-state index contributed by atoms with van der Waals surface area (Å²) in [7, 11) is 1.55. The zero-order chi connectivity index (χ0) is 19.9. The zero-order valence-electron chi connectivity index (χ0n) is 16.4. The first-order chi connectivity index (χ1) is 13.6. The van der Waals surface area contributed by atoms with E-state index in [1.165, 1.54) is 0 Å². The maximum Gasteiger partial charge on any atom is 0.307 e.